The molecule has 0 radical (unpaired) electrons. The van der Waals surface area contributed by atoms with E-state index in [1.54, 1.807) is 32.4 Å². The third-order valence-electron chi connectivity index (χ3n) is 6.67. The van der Waals surface area contributed by atoms with Crippen LogP contribution in [0.15, 0.2) is 77.0 Å². The molecule has 0 amide bonds. The van der Waals surface area contributed by atoms with E-state index >= 15 is 0 Å². The number of ether oxygens (including phenoxy) is 5. The highest BCUT2D eigenvalue weighted by molar-refractivity contribution is 5.64. The second kappa shape index (κ2) is 16.2. The fourth-order valence-electron chi connectivity index (χ4n) is 4.47. The molecule has 3 aromatic carbocycles. The molecule has 0 bridgehead atoms. The second-order valence-corrected chi connectivity index (χ2v) is 9.31. The third kappa shape index (κ3) is 8.87. The fraction of sp³-hybridized carbons (Fsp3) is 0.400. The van der Waals surface area contributed by atoms with Crippen LogP contribution in [0.4, 0.5) is 28.4 Å². The van der Waals surface area contributed by atoms with Crippen LogP contribution < -0.4 is 19.3 Å². The summed E-state index contributed by atoms with van der Waals surface area (Å²) in [5.74, 6) is 1.45. The van der Waals surface area contributed by atoms with Gasteiger partial charge >= 0.3 is 0 Å². The molecular formula is C30H37N5O7. The lowest BCUT2D eigenvalue weighted by Crippen LogP contribution is -2.33. The molecule has 1 saturated heterocycles. The lowest BCUT2D eigenvalue weighted by Gasteiger charge is -2.27. The number of nitro benzene ring substituents is 1. The Kier molecular flexibility index (Phi) is 11.9. The van der Waals surface area contributed by atoms with Crippen molar-refractivity contribution in [1.82, 2.24) is 0 Å². The quantitative estimate of drug-likeness (QED) is 0.206. The first-order valence-electron chi connectivity index (χ1n) is 13.8. The average Bonchev–Trinajstić information content (AvgIpc) is 3.03. The van der Waals surface area contributed by atoms with Gasteiger partial charge in [-0.25, -0.2) is 0 Å². The van der Waals surface area contributed by atoms with Crippen LogP contribution in [0, 0.1) is 10.1 Å². The molecule has 224 valence electrons. The molecule has 4 rings (SSSR count). The van der Waals surface area contributed by atoms with Crippen molar-refractivity contribution < 1.29 is 28.6 Å². The van der Waals surface area contributed by atoms with E-state index in [0.29, 0.717) is 82.9 Å². The van der Waals surface area contributed by atoms with Crippen LogP contribution in [0.25, 0.3) is 0 Å². The van der Waals surface area contributed by atoms with E-state index in [-0.39, 0.29) is 5.69 Å². The van der Waals surface area contributed by atoms with Crippen molar-refractivity contribution in [2.75, 3.05) is 89.8 Å². The summed E-state index contributed by atoms with van der Waals surface area (Å²) in [5.41, 5.74) is 2.99. The first-order chi connectivity index (χ1) is 20.6. The molecule has 12 nitrogen and oxygen atoms in total. The maximum Gasteiger partial charge on any atom is 0.269 e. The third-order valence-corrected chi connectivity index (χ3v) is 6.67. The molecular weight excluding hydrogens is 542 g/mol. The minimum Gasteiger partial charge on any atom is -0.495 e. The second-order valence-electron chi connectivity index (χ2n) is 9.31. The van der Waals surface area contributed by atoms with E-state index < -0.39 is 4.92 Å². The zero-order valence-corrected chi connectivity index (χ0v) is 24.0. The first-order valence-corrected chi connectivity index (χ1v) is 13.8. The Labute approximate surface area is 245 Å². The first kappa shape index (κ1) is 30.7. The van der Waals surface area contributed by atoms with Crippen molar-refractivity contribution in [2.45, 2.75) is 0 Å². The summed E-state index contributed by atoms with van der Waals surface area (Å²) < 4.78 is 29.0. The van der Waals surface area contributed by atoms with Crippen molar-refractivity contribution in [3.05, 3.63) is 76.8 Å². The van der Waals surface area contributed by atoms with E-state index in [1.807, 2.05) is 36.4 Å². The molecule has 0 saturated carbocycles. The Morgan fingerprint density at radius 3 is 1.74 bits per heavy atom. The van der Waals surface area contributed by atoms with Crippen LogP contribution in [0.5, 0.6) is 11.5 Å². The van der Waals surface area contributed by atoms with Crippen molar-refractivity contribution >= 4 is 28.4 Å². The zero-order chi connectivity index (χ0) is 29.6. The number of hydrogen-bond acceptors (Lipinski definition) is 11. The van der Waals surface area contributed by atoms with Gasteiger partial charge in [-0.3, -0.25) is 10.1 Å². The minimum absolute atomic E-state index is 0.00187. The van der Waals surface area contributed by atoms with Gasteiger partial charge in [0, 0.05) is 44.4 Å². The molecule has 0 N–H and O–H groups in total. The molecule has 0 spiro atoms. The van der Waals surface area contributed by atoms with Gasteiger partial charge in [-0.05, 0) is 36.4 Å². The summed E-state index contributed by atoms with van der Waals surface area (Å²) in [6.45, 7) is 5.82. The number of non-ortho nitro benzene ring substituents is 1. The Morgan fingerprint density at radius 1 is 0.667 bits per heavy atom. The summed E-state index contributed by atoms with van der Waals surface area (Å²) in [6.07, 6.45) is 0. The number of anilines is 2. The molecule has 1 heterocycles. The highest BCUT2D eigenvalue weighted by atomic mass is 16.6. The fourth-order valence-corrected chi connectivity index (χ4v) is 4.47. The summed E-state index contributed by atoms with van der Waals surface area (Å²) in [6, 6.07) is 19.4. The topological polar surface area (TPSA) is 120 Å². The van der Waals surface area contributed by atoms with Gasteiger partial charge in [0.25, 0.3) is 5.69 Å². The van der Waals surface area contributed by atoms with Gasteiger partial charge in [0.15, 0.2) is 0 Å². The van der Waals surface area contributed by atoms with E-state index in [0.717, 1.165) is 17.1 Å². The predicted octanol–water partition coefficient (Wildman–Crippen LogP) is 5.40. The smallest absolute Gasteiger partial charge is 0.269 e. The van der Waals surface area contributed by atoms with Crippen LogP contribution in [0.3, 0.4) is 0 Å². The van der Waals surface area contributed by atoms with Crippen LogP contribution in [0.1, 0.15) is 0 Å². The van der Waals surface area contributed by atoms with E-state index in [2.05, 4.69) is 20.0 Å². The summed E-state index contributed by atoms with van der Waals surface area (Å²) >= 11 is 0. The van der Waals surface area contributed by atoms with E-state index in [1.165, 1.54) is 12.1 Å². The van der Waals surface area contributed by atoms with Crippen molar-refractivity contribution in [3.63, 3.8) is 0 Å². The molecule has 3 aromatic rings. The summed E-state index contributed by atoms with van der Waals surface area (Å²) in [4.78, 5) is 14.8. The minimum atomic E-state index is -0.451. The highest BCUT2D eigenvalue weighted by Gasteiger charge is 2.15. The average molecular weight is 580 g/mol. The van der Waals surface area contributed by atoms with Crippen LogP contribution in [0.2, 0.25) is 0 Å². The molecule has 0 unspecified atom stereocenters. The standard InChI is InChI=1S/C30H37N5O7/c1-38-29-6-4-3-5-27(29)33-13-17-40-18-14-34(16-20-42-22-21-41-19-15-33)28-12-9-25(23-30(28)39-2)32-31-24-7-10-26(11-8-24)35(36)37/h3-12,23H,13-22H2,1-2H3. The summed E-state index contributed by atoms with van der Waals surface area (Å²) in [7, 11) is 3.29. The number of hydrogen-bond donors (Lipinski definition) is 0. The highest BCUT2D eigenvalue weighted by Crippen LogP contribution is 2.33. The number of rotatable bonds is 7. The maximum absolute atomic E-state index is 10.9. The van der Waals surface area contributed by atoms with Gasteiger partial charge < -0.3 is 33.5 Å². The Hall–Kier alpha value is -4.26. The number of nitrogens with zero attached hydrogens (tertiary/aromatic N) is 5. The SMILES string of the molecule is COc1ccccc1N1CCOCCOCCN(c2ccc(N=Nc3ccc([N+](=O)[O-])cc3)cc2OC)CCOCC1. The lowest BCUT2D eigenvalue weighted by molar-refractivity contribution is -0.384. The summed E-state index contributed by atoms with van der Waals surface area (Å²) in [5, 5.41) is 19.3. The van der Waals surface area contributed by atoms with Crippen molar-refractivity contribution in [1.29, 1.82) is 0 Å². The molecule has 1 fully saturated rings. The Balaban J connectivity index is 1.42. The molecule has 0 aromatic heterocycles. The zero-order valence-electron chi connectivity index (χ0n) is 24.0. The van der Waals surface area contributed by atoms with Gasteiger partial charge in [0.1, 0.15) is 11.5 Å². The molecule has 0 atom stereocenters. The van der Waals surface area contributed by atoms with Crippen LogP contribution >= 0.6 is 0 Å². The van der Waals surface area contributed by atoms with Gasteiger partial charge in [-0.2, -0.15) is 10.2 Å². The number of para-hydroxylation sites is 2. The van der Waals surface area contributed by atoms with E-state index in [4.69, 9.17) is 23.7 Å². The van der Waals surface area contributed by atoms with Gasteiger partial charge in [-0.1, -0.05) is 12.1 Å². The molecule has 1 aliphatic rings. The number of benzene rings is 3. The number of methoxy groups -OCH3 is 2. The molecule has 1 aliphatic heterocycles. The van der Waals surface area contributed by atoms with E-state index in [9.17, 15) is 10.1 Å². The molecule has 42 heavy (non-hydrogen) atoms. The largest absolute Gasteiger partial charge is 0.495 e. The number of nitro groups is 1. The van der Waals surface area contributed by atoms with Crippen molar-refractivity contribution in [2.24, 2.45) is 10.2 Å². The maximum atomic E-state index is 10.9. The Bertz CT molecular complexity index is 1310. The van der Waals surface area contributed by atoms with Gasteiger partial charge in [0.2, 0.25) is 0 Å². The van der Waals surface area contributed by atoms with Crippen LogP contribution in [-0.2, 0) is 14.2 Å². The van der Waals surface area contributed by atoms with Crippen molar-refractivity contribution in [3.8, 4) is 11.5 Å². The lowest BCUT2D eigenvalue weighted by atomic mass is 10.2. The predicted molar refractivity (Wildman–Crippen MR) is 160 cm³/mol. The molecule has 0 aliphatic carbocycles. The normalized spacial score (nSPS) is 16.0. The van der Waals surface area contributed by atoms with Gasteiger partial charge in [-0.15, -0.1) is 0 Å². The Morgan fingerprint density at radius 2 is 1.17 bits per heavy atom. The van der Waals surface area contributed by atoms with Gasteiger partial charge in [0.05, 0.1) is 81.5 Å². The monoisotopic (exact) mass is 579 g/mol. The molecule has 12 heteroatoms. The van der Waals surface area contributed by atoms with Crippen LogP contribution in [-0.4, -0.2) is 85.0 Å². The number of azo groups is 1.